The van der Waals surface area contributed by atoms with E-state index in [9.17, 15) is 14.0 Å². The summed E-state index contributed by atoms with van der Waals surface area (Å²) in [5, 5.41) is 0.481. The molecule has 0 spiro atoms. The van der Waals surface area contributed by atoms with E-state index in [4.69, 9.17) is 4.74 Å². The first kappa shape index (κ1) is 17.2. The highest BCUT2D eigenvalue weighted by Crippen LogP contribution is 2.58. The second kappa shape index (κ2) is 6.32. The molecule has 3 aromatic rings. The Morgan fingerprint density at radius 1 is 1.11 bits per heavy atom. The molecule has 2 aliphatic heterocycles. The van der Waals surface area contributed by atoms with E-state index in [0.29, 0.717) is 5.75 Å². The maximum absolute atomic E-state index is 13.4. The Labute approximate surface area is 169 Å². The molecule has 0 amide bonds. The van der Waals surface area contributed by atoms with Crippen molar-refractivity contribution in [2.24, 2.45) is 5.92 Å². The normalized spacial score (nSPS) is 23.2. The van der Waals surface area contributed by atoms with Crippen molar-refractivity contribution in [3.63, 3.8) is 0 Å². The molecule has 0 saturated carbocycles. The molecule has 8 heteroatoms. The Kier molecular flexibility index (Phi) is 4.03. The van der Waals surface area contributed by atoms with E-state index in [2.05, 4.69) is 20.9 Å². The Morgan fingerprint density at radius 3 is 2.67 bits per heavy atom. The van der Waals surface area contributed by atoms with Gasteiger partial charge in [0, 0.05) is 20.8 Å². The molecule has 0 fully saturated rings. The first-order chi connectivity index (χ1) is 13.0. The fraction of sp³-hybridized carbons (Fsp3) is 0.158. The van der Waals surface area contributed by atoms with Gasteiger partial charge in [-0.25, -0.2) is 4.39 Å². The van der Waals surface area contributed by atoms with Crippen LogP contribution >= 0.6 is 39.0 Å². The zero-order chi connectivity index (χ0) is 18.7. The van der Waals surface area contributed by atoms with Gasteiger partial charge in [0.2, 0.25) is 0 Å². The number of thioether (sulfide) groups is 1. The van der Waals surface area contributed by atoms with Gasteiger partial charge in [0.1, 0.15) is 11.6 Å². The molecule has 0 bridgehead atoms. The summed E-state index contributed by atoms with van der Waals surface area (Å²) in [6.07, 6.45) is 0. The fourth-order valence-electron chi connectivity index (χ4n) is 3.71. The molecule has 3 heterocycles. The second-order valence-electron chi connectivity index (χ2n) is 6.40. The van der Waals surface area contributed by atoms with Crippen LogP contribution in [-0.4, -0.2) is 11.0 Å². The maximum atomic E-state index is 13.4. The molecule has 3 unspecified atom stereocenters. The quantitative estimate of drug-likeness (QED) is 0.413. The number of carbonyl (C=O) groups excluding carboxylic acids is 1. The lowest BCUT2D eigenvalue weighted by molar-refractivity contribution is -0.140. The number of ether oxygens (including phenoxy) is 1. The number of carbonyl (C=O) groups is 1. The Morgan fingerprint density at radius 2 is 1.89 bits per heavy atom. The van der Waals surface area contributed by atoms with E-state index in [1.165, 1.54) is 23.9 Å². The molecular weight excluding hydrogens is 453 g/mol. The van der Waals surface area contributed by atoms with Gasteiger partial charge in [-0.2, -0.15) is 0 Å². The lowest BCUT2D eigenvalue weighted by atomic mass is 9.78. The van der Waals surface area contributed by atoms with Crippen LogP contribution in [0.1, 0.15) is 27.2 Å². The van der Waals surface area contributed by atoms with Crippen LogP contribution in [0.4, 0.5) is 4.39 Å². The number of halogens is 2. The van der Waals surface area contributed by atoms with Gasteiger partial charge in [0.05, 0.1) is 16.2 Å². The van der Waals surface area contributed by atoms with E-state index in [-0.39, 0.29) is 27.8 Å². The number of benzene rings is 2. The van der Waals surface area contributed by atoms with Gasteiger partial charge >= 0.3 is 10.8 Å². The number of hydrogen-bond acceptors (Lipinski definition) is 5. The largest absolute Gasteiger partial charge is 0.426 e. The van der Waals surface area contributed by atoms with Crippen LogP contribution in [-0.2, 0) is 4.79 Å². The van der Waals surface area contributed by atoms with Gasteiger partial charge in [-0.05, 0) is 35.9 Å². The third kappa shape index (κ3) is 2.78. The summed E-state index contributed by atoms with van der Waals surface area (Å²) < 4.78 is 19.9. The minimum Gasteiger partial charge on any atom is -0.426 e. The van der Waals surface area contributed by atoms with Gasteiger partial charge in [-0.1, -0.05) is 51.2 Å². The number of hydrogen-bond donors (Lipinski definition) is 1. The van der Waals surface area contributed by atoms with Crippen LogP contribution in [0.5, 0.6) is 5.75 Å². The molecule has 27 heavy (non-hydrogen) atoms. The predicted molar refractivity (Wildman–Crippen MR) is 105 cm³/mol. The van der Waals surface area contributed by atoms with Crippen LogP contribution < -0.4 is 9.61 Å². The van der Waals surface area contributed by atoms with Gasteiger partial charge < -0.3 is 9.72 Å². The molecule has 1 N–H and O–H groups in total. The average Bonchev–Trinajstić information content (AvgIpc) is 3.02. The van der Waals surface area contributed by atoms with Crippen molar-refractivity contribution < 1.29 is 13.9 Å². The number of esters is 1. The molecule has 0 aliphatic carbocycles. The minimum atomic E-state index is -0.499. The molecule has 5 rings (SSSR count). The fourth-order valence-corrected chi connectivity index (χ4v) is 6.68. The van der Waals surface area contributed by atoms with Crippen LogP contribution in [0.2, 0.25) is 0 Å². The number of aromatic nitrogens is 1. The summed E-state index contributed by atoms with van der Waals surface area (Å²) in [4.78, 5) is 28.6. The van der Waals surface area contributed by atoms with E-state index in [1.54, 1.807) is 18.2 Å². The number of aromatic amines is 1. The zero-order valence-corrected chi connectivity index (χ0v) is 16.8. The first-order valence-electron chi connectivity index (χ1n) is 8.17. The van der Waals surface area contributed by atoms with Gasteiger partial charge in [-0.3, -0.25) is 9.59 Å². The number of thiazole rings is 1. The highest BCUT2D eigenvalue weighted by Gasteiger charge is 2.49. The van der Waals surface area contributed by atoms with E-state index in [1.807, 2.05) is 12.1 Å². The minimum absolute atomic E-state index is 0.151. The van der Waals surface area contributed by atoms with Crippen molar-refractivity contribution in [1.82, 2.24) is 4.98 Å². The molecule has 4 nitrogen and oxygen atoms in total. The Hall–Kier alpha value is -1.90. The molecule has 2 aromatic carbocycles. The summed E-state index contributed by atoms with van der Waals surface area (Å²) >= 11 is 6.04. The highest BCUT2D eigenvalue weighted by atomic mass is 79.9. The number of nitrogens with one attached hydrogen (secondary N) is 1. The topological polar surface area (TPSA) is 59.2 Å². The highest BCUT2D eigenvalue weighted by molar-refractivity contribution is 9.10. The van der Waals surface area contributed by atoms with Crippen molar-refractivity contribution in [3.8, 4) is 5.75 Å². The smallest absolute Gasteiger partial charge is 0.316 e. The average molecular weight is 464 g/mol. The van der Waals surface area contributed by atoms with E-state index >= 15 is 0 Å². The summed E-state index contributed by atoms with van der Waals surface area (Å²) in [6.45, 7) is 0. The van der Waals surface area contributed by atoms with Crippen molar-refractivity contribution in [3.05, 3.63) is 78.4 Å². The molecular formula is C19H11BrFNO3S2. The summed E-state index contributed by atoms with van der Waals surface area (Å²) in [6, 6.07) is 11.7. The van der Waals surface area contributed by atoms with Crippen molar-refractivity contribution in [1.29, 1.82) is 0 Å². The SMILES string of the molecule is O=C1Oc2ccc(Br)cc2C2c3sc(=O)[nH]c3SC(c3ccc(F)cc3)C12. The summed E-state index contributed by atoms with van der Waals surface area (Å²) in [5.41, 5.74) is 1.70. The third-order valence-electron chi connectivity index (χ3n) is 4.84. The zero-order valence-electron chi connectivity index (χ0n) is 13.6. The Bertz CT molecular complexity index is 1120. The second-order valence-corrected chi connectivity index (χ2v) is 9.49. The van der Waals surface area contributed by atoms with Gasteiger partial charge in [0.15, 0.2) is 0 Å². The predicted octanol–water partition coefficient (Wildman–Crippen LogP) is 4.85. The number of fused-ring (bicyclic) bond motifs is 5. The van der Waals surface area contributed by atoms with Crippen LogP contribution in [0.3, 0.4) is 0 Å². The monoisotopic (exact) mass is 463 g/mol. The molecule has 136 valence electrons. The van der Waals surface area contributed by atoms with Crippen molar-refractivity contribution in [2.45, 2.75) is 16.2 Å². The van der Waals surface area contributed by atoms with Crippen LogP contribution in [0.25, 0.3) is 0 Å². The molecule has 3 atom stereocenters. The number of H-pyrrole nitrogens is 1. The van der Waals surface area contributed by atoms with Crippen LogP contribution in [0, 0.1) is 11.7 Å². The lowest BCUT2D eigenvalue weighted by Crippen LogP contribution is -2.37. The Balaban J connectivity index is 1.74. The van der Waals surface area contributed by atoms with E-state index in [0.717, 1.165) is 36.8 Å². The lowest BCUT2D eigenvalue weighted by Gasteiger charge is -2.39. The van der Waals surface area contributed by atoms with Crippen molar-refractivity contribution in [2.75, 3.05) is 0 Å². The maximum Gasteiger partial charge on any atom is 0.316 e. The van der Waals surface area contributed by atoms with Gasteiger partial charge in [0.25, 0.3) is 0 Å². The number of rotatable bonds is 1. The van der Waals surface area contributed by atoms with Crippen molar-refractivity contribution >= 4 is 45.0 Å². The standard InChI is InChI=1S/C19H11BrFNO3S2/c20-9-3-6-12-11(7-9)13-14(18(23)25-12)15(8-1-4-10(21)5-2-8)26-17-16(13)27-19(24)22-17/h1-7,13-15H,(H,22,24). The summed E-state index contributed by atoms with van der Waals surface area (Å²) in [5.74, 6) is -0.930. The first-order valence-corrected chi connectivity index (χ1v) is 10.7. The van der Waals surface area contributed by atoms with Crippen LogP contribution in [0.15, 0.2) is 56.8 Å². The van der Waals surface area contributed by atoms with Gasteiger partial charge in [-0.15, -0.1) is 0 Å². The molecule has 2 aliphatic rings. The molecule has 1 aromatic heterocycles. The summed E-state index contributed by atoms with van der Waals surface area (Å²) in [7, 11) is 0. The molecule has 0 radical (unpaired) electrons. The van der Waals surface area contributed by atoms with E-state index < -0.39 is 5.92 Å². The molecule has 0 saturated heterocycles. The third-order valence-corrected chi connectivity index (χ3v) is 7.81.